The Kier molecular flexibility index (Phi) is 9.12. The van der Waals surface area contributed by atoms with Crippen LogP contribution in [-0.4, -0.2) is 36.5 Å². The third-order valence-electron chi connectivity index (χ3n) is 3.60. The molecule has 0 aliphatic heterocycles. The molecule has 1 saturated carbocycles. The zero-order valence-corrected chi connectivity index (χ0v) is 18.7. The largest absolute Gasteiger partial charge is 0.357 e. The van der Waals surface area contributed by atoms with Crippen molar-refractivity contribution in [3.05, 3.63) is 16.1 Å². The number of hydrogen-bond acceptors (Lipinski definition) is 4. The molecule has 0 radical (unpaired) electrons. The zero-order valence-electron chi connectivity index (χ0n) is 15.5. The van der Waals surface area contributed by atoms with Gasteiger partial charge in [-0.05, 0) is 19.8 Å². The van der Waals surface area contributed by atoms with Crippen molar-refractivity contribution in [2.45, 2.75) is 52.5 Å². The molecule has 2 rings (SSSR count). The van der Waals surface area contributed by atoms with Gasteiger partial charge in [0, 0.05) is 36.3 Å². The number of hydrogen-bond donors (Lipinski definition) is 3. The van der Waals surface area contributed by atoms with Crippen LogP contribution in [0.25, 0.3) is 0 Å². The van der Waals surface area contributed by atoms with E-state index < -0.39 is 0 Å². The monoisotopic (exact) mass is 479 g/mol. The van der Waals surface area contributed by atoms with E-state index >= 15 is 0 Å². The molecular weight excluding hydrogens is 449 g/mol. The van der Waals surface area contributed by atoms with Gasteiger partial charge in [0.05, 0.1) is 17.2 Å². The van der Waals surface area contributed by atoms with E-state index in [0.717, 1.165) is 36.0 Å². The van der Waals surface area contributed by atoms with Gasteiger partial charge >= 0.3 is 0 Å². The number of carbonyl (C=O) groups is 1. The van der Waals surface area contributed by atoms with Gasteiger partial charge in [-0.2, -0.15) is 0 Å². The number of nitrogens with zero attached hydrogens (tertiary/aromatic N) is 2. The minimum atomic E-state index is 0. The summed E-state index contributed by atoms with van der Waals surface area (Å²) >= 11 is 1.69. The van der Waals surface area contributed by atoms with Crippen LogP contribution in [0.5, 0.6) is 0 Å². The summed E-state index contributed by atoms with van der Waals surface area (Å²) in [5.74, 6) is 1.19. The quantitative estimate of drug-likeness (QED) is 0.243. The highest BCUT2D eigenvalue weighted by atomic mass is 127. The maximum absolute atomic E-state index is 11.6. The molecule has 8 heteroatoms. The molecule has 142 valence electrons. The van der Waals surface area contributed by atoms with E-state index in [4.69, 9.17) is 0 Å². The lowest BCUT2D eigenvalue weighted by molar-refractivity contribution is -0.122. The van der Waals surface area contributed by atoms with Crippen molar-refractivity contribution < 1.29 is 4.79 Å². The van der Waals surface area contributed by atoms with Gasteiger partial charge in [0.2, 0.25) is 5.91 Å². The van der Waals surface area contributed by atoms with Gasteiger partial charge in [0.25, 0.3) is 0 Å². The molecule has 0 atom stereocenters. The summed E-state index contributed by atoms with van der Waals surface area (Å²) < 4.78 is 0. The fraction of sp³-hybridized carbons (Fsp3) is 0.706. The van der Waals surface area contributed by atoms with Crippen molar-refractivity contribution >= 4 is 47.2 Å². The van der Waals surface area contributed by atoms with E-state index in [1.165, 1.54) is 0 Å². The average Bonchev–Trinajstić information content (AvgIpc) is 3.25. The second-order valence-corrected chi connectivity index (χ2v) is 7.94. The predicted molar refractivity (Wildman–Crippen MR) is 115 cm³/mol. The molecule has 1 aliphatic rings. The van der Waals surface area contributed by atoms with E-state index in [-0.39, 0.29) is 41.2 Å². The van der Waals surface area contributed by atoms with Crippen LogP contribution in [0.2, 0.25) is 0 Å². The molecule has 0 bridgehead atoms. The maximum Gasteiger partial charge on any atom is 0.223 e. The Bertz CT molecular complexity index is 578. The van der Waals surface area contributed by atoms with Crippen molar-refractivity contribution in [1.82, 2.24) is 20.9 Å². The minimum absolute atomic E-state index is 0. The summed E-state index contributed by atoms with van der Waals surface area (Å²) in [7, 11) is 0. The lowest BCUT2D eigenvalue weighted by Gasteiger charge is -2.13. The molecule has 3 N–H and O–H groups in total. The van der Waals surface area contributed by atoms with Crippen molar-refractivity contribution in [3.63, 3.8) is 0 Å². The first-order valence-electron chi connectivity index (χ1n) is 8.65. The normalized spacial score (nSPS) is 14.6. The molecule has 1 heterocycles. The van der Waals surface area contributed by atoms with Crippen molar-refractivity contribution in [2.24, 2.45) is 10.9 Å². The molecule has 1 fully saturated rings. The molecule has 1 aromatic heterocycles. The Labute approximate surface area is 171 Å². The van der Waals surface area contributed by atoms with Crippen LogP contribution in [0.3, 0.4) is 0 Å². The van der Waals surface area contributed by atoms with Crippen molar-refractivity contribution in [2.75, 3.05) is 19.6 Å². The van der Waals surface area contributed by atoms with E-state index in [1.54, 1.807) is 11.3 Å². The summed E-state index contributed by atoms with van der Waals surface area (Å²) in [6.45, 7) is 11.2. The second kappa shape index (κ2) is 10.3. The third-order valence-corrected chi connectivity index (χ3v) is 4.92. The molecule has 1 aromatic rings. The summed E-state index contributed by atoms with van der Waals surface area (Å²) in [5, 5.41) is 12.6. The lowest BCUT2D eigenvalue weighted by Crippen LogP contribution is -2.41. The number of rotatable bonds is 7. The van der Waals surface area contributed by atoms with Crippen LogP contribution in [0, 0.1) is 5.92 Å². The highest BCUT2D eigenvalue weighted by molar-refractivity contribution is 14.0. The molecule has 0 aromatic carbocycles. The maximum atomic E-state index is 11.6. The molecule has 0 saturated heterocycles. The summed E-state index contributed by atoms with van der Waals surface area (Å²) in [6.07, 6.45) is 2.07. The van der Waals surface area contributed by atoms with Gasteiger partial charge in [-0.1, -0.05) is 20.8 Å². The fourth-order valence-corrected chi connectivity index (χ4v) is 2.98. The highest BCUT2D eigenvalue weighted by Gasteiger charge is 2.28. The summed E-state index contributed by atoms with van der Waals surface area (Å²) in [6, 6.07) is 0. The molecule has 1 amide bonds. The number of amides is 1. The summed E-state index contributed by atoms with van der Waals surface area (Å²) in [4.78, 5) is 20.8. The molecule has 0 unspecified atom stereocenters. The number of thiazole rings is 1. The van der Waals surface area contributed by atoms with E-state index in [0.29, 0.717) is 19.6 Å². The number of guanidine groups is 1. The van der Waals surface area contributed by atoms with E-state index in [9.17, 15) is 4.79 Å². The first-order chi connectivity index (χ1) is 11.4. The van der Waals surface area contributed by atoms with Crippen molar-refractivity contribution in [3.8, 4) is 0 Å². The molecule has 1 aliphatic carbocycles. The number of aliphatic imine (C=N–C) groups is 1. The summed E-state index contributed by atoms with van der Waals surface area (Å²) in [5.41, 5.74) is 1.07. The number of halogens is 1. The van der Waals surface area contributed by atoms with Gasteiger partial charge in [-0.15, -0.1) is 35.3 Å². The van der Waals surface area contributed by atoms with Crippen LogP contribution in [0.15, 0.2) is 10.4 Å². The van der Waals surface area contributed by atoms with Crippen LogP contribution >= 0.6 is 35.3 Å². The Morgan fingerprint density at radius 1 is 1.28 bits per heavy atom. The second-order valence-electron chi connectivity index (χ2n) is 7.08. The predicted octanol–water partition coefficient (Wildman–Crippen LogP) is 2.64. The smallest absolute Gasteiger partial charge is 0.223 e. The number of nitrogens with one attached hydrogen (secondary N) is 3. The Morgan fingerprint density at radius 2 is 1.96 bits per heavy atom. The van der Waals surface area contributed by atoms with Gasteiger partial charge in [-0.25, -0.2) is 9.98 Å². The Balaban J connectivity index is 0.00000312. The molecule has 6 nitrogen and oxygen atoms in total. The molecular formula is C17H30IN5OS. The van der Waals surface area contributed by atoms with E-state index in [2.05, 4.69) is 52.1 Å². The third kappa shape index (κ3) is 7.89. The Morgan fingerprint density at radius 3 is 2.52 bits per heavy atom. The lowest BCUT2D eigenvalue weighted by atomic mass is 9.98. The van der Waals surface area contributed by atoms with Gasteiger partial charge in [0.1, 0.15) is 0 Å². The van der Waals surface area contributed by atoms with Crippen LogP contribution in [0.1, 0.15) is 51.2 Å². The van der Waals surface area contributed by atoms with Gasteiger partial charge in [-0.3, -0.25) is 4.79 Å². The van der Waals surface area contributed by atoms with Crippen LogP contribution in [-0.2, 0) is 16.8 Å². The zero-order chi connectivity index (χ0) is 17.6. The average molecular weight is 479 g/mol. The standard InChI is InChI=1S/C17H29N5OS.HI/c1-5-18-16(20-9-8-19-14(23)12-6-7-12)21-10-13-11-24-15(22-13)17(2,3)4;/h11-12H,5-10H2,1-4H3,(H,19,23)(H2,18,20,21);1H. The minimum Gasteiger partial charge on any atom is -0.357 e. The van der Waals surface area contributed by atoms with Crippen LogP contribution < -0.4 is 16.0 Å². The van der Waals surface area contributed by atoms with Crippen LogP contribution in [0.4, 0.5) is 0 Å². The van der Waals surface area contributed by atoms with Crippen molar-refractivity contribution in [1.29, 1.82) is 0 Å². The number of carbonyl (C=O) groups excluding carboxylic acids is 1. The van der Waals surface area contributed by atoms with Gasteiger partial charge < -0.3 is 16.0 Å². The molecule has 25 heavy (non-hydrogen) atoms. The molecule has 0 spiro atoms. The first kappa shape index (κ1) is 22.1. The first-order valence-corrected chi connectivity index (χ1v) is 9.53. The van der Waals surface area contributed by atoms with Gasteiger partial charge in [0.15, 0.2) is 5.96 Å². The number of aromatic nitrogens is 1. The Hall–Kier alpha value is -0.900. The topological polar surface area (TPSA) is 78.4 Å². The SMILES string of the molecule is CCNC(=NCc1csc(C(C)(C)C)n1)NCCNC(=O)C1CC1.I. The highest BCUT2D eigenvalue weighted by Crippen LogP contribution is 2.28. The fourth-order valence-electron chi connectivity index (χ4n) is 2.08. The van der Waals surface area contributed by atoms with E-state index in [1.807, 2.05) is 6.92 Å².